The lowest BCUT2D eigenvalue weighted by Crippen LogP contribution is -2.56. The van der Waals surface area contributed by atoms with Gasteiger partial charge in [-0.05, 0) is 0 Å². The van der Waals surface area contributed by atoms with Gasteiger partial charge in [-0.2, -0.15) is 0 Å². The van der Waals surface area contributed by atoms with Gasteiger partial charge in [-0.25, -0.2) is 4.98 Å². The number of aryl methyl sites for hydroxylation is 1. The van der Waals surface area contributed by atoms with Crippen molar-refractivity contribution in [3.05, 3.63) is 12.0 Å². The molecule has 70 valence electrons. The number of rotatable bonds is 0. The van der Waals surface area contributed by atoms with Crippen LogP contribution in [0.4, 0.5) is 5.82 Å². The first-order valence-electron chi connectivity index (χ1n) is 3.92. The fraction of sp³-hybridized carbons (Fsp3) is 0.429. The van der Waals surface area contributed by atoms with Gasteiger partial charge in [-0.15, -0.1) is 0 Å². The zero-order chi connectivity index (χ0) is 9.59. The number of imidazole rings is 1. The molecule has 0 aromatic carbocycles. The monoisotopic (exact) mass is 181 g/mol. The average Bonchev–Trinajstić information content (AvgIpc) is 2.44. The summed E-state index contributed by atoms with van der Waals surface area (Å²) in [4.78, 5) is 17.2. The SMILES string of the molecule is CN1c2ncn(C)c2C(=O)NC1N. The van der Waals surface area contributed by atoms with Gasteiger partial charge in [0.2, 0.25) is 0 Å². The van der Waals surface area contributed by atoms with E-state index in [1.54, 1.807) is 29.9 Å². The Balaban J connectivity index is 2.56. The summed E-state index contributed by atoms with van der Waals surface area (Å²) in [6.45, 7) is 0. The van der Waals surface area contributed by atoms with Crippen molar-refractivity contribution in [3.63, 3.8) is 0 Å². The molecule has 6 nitrogen and oxygen atoms in total. The molecule has 0 radical (unpaired) electrons. The lowest BCUT2D eigenvalue weighted by Gasteiger charge is -2.30. The molecule has 0 fully saturated rings. The van der Waals surface area contributed by atoms with E-state index in [-0.39, 0.29) is 5.91 Å². The van der Waals surface area contributed by atoms with E-state index in [0.717, 1.165) is 0 Å². The van der Waals surface area contributed by atoms with Crippen LogP contribution in [0.15, 0.2) is 6.33 Å². The number of hydrogen-bond acceptors (Lipinski definition) is 4. The molecule has 0 saturated heterocycles. The molecule has 1 atom stereocenters. The minimum atomic E-state index is -0.491. The number of amides is 1. The summed E-state index contributed by atoms with van der Waals surface area (Å²) in [5, 5.41) is 2.62. The van der Waals surface area contributed by atoms with Gasteiger partial charge in [0.15, 0.2) is 17.8 Å². The summed E-state index contributed by atoms with van der Waals surface area (Å²) in [7, 11) is 3.56. The maximum atomic E-state index is 11.4. The van der Waals surface area contributed by atoms with Gasteiger partial charge < -0.3 is 14.8 Å². The molecular formula is C7H11N5O. The molecular weight excluding hydrogens is 170 g/mol. The minimum absolute atomic E-state index is 0.180. The van der Waals surface area contributed by atoms with Crippen molar-refractivity contribution in [2.24, 2.45) is 12.8 Å². The Hall–Kier alpha value is -1.56. The second-order valence-electron chi connectivity index (χ2n) is 3.06. The molecule has 1 aliphatic heterocycles. The van der Waals surface area contributed by atoms with Crippen LogP contribution in [0.1, 0.15) is 10.5 Å². The summed E-state index contributed by atoms with van der Waals surface area (Å²) >= 11 is 0. The molecule has 1 unspecified atom stereocenters. The Morgan fingerprint density at radius 1 is 1.62 bits per heavy atom. The molecule has 1 aromatic heterocycles. The van der Waals surface area contributed by atoms with Gasteiger partial charge in [-0.3, -0.25) is 10.5 Å². The van der Waals surface area contributed by atoms with Gasteiger partial charge in [0.05, 0.1) is 6.33 Å². The van der Waals surface area contributed by atoms with E-state index in [0.29, 0.717) is 11.5 Å². The second-order valence-corrected chi connectivity index (χ2v) is 3.06. The van der Waals surface area contributed by atoms with Crippen LogP contribution in [0, 0.1) is 0 Å². The number of nitrogens with zero attached hydrogens (tertiary/aromatic N) is 3. The zero-order valence-corrected chi connectivity index (χ0v) is 7.48. The first-order valence-corrected chi connectivity index (χ1v) is 3.92. The maximum Gasteiger partial charge on any atom is 0.274 e. The van der Waals surface area contributed by atoms with Crippen LogP contribution in [-0.4, -0.2) is 28.8 Å². The van der Waals surface area contributed by atoms with Crippen LogP contribution >= 0.6 is 0 Å². The Kier molecular flexibility index (Phi) is 1.53. The molecule has 1 aromatic rings. The number of anilines is 1. The van der Waals surface area contributed by atoms with Gasteiger partial charge >= 0.3 is 0 Å². The van der Waals surface area contributed by atoms with Crippen molar-refractivity contribution < 1.29 is 4.79 Å². The summed E-state index contributed by atoms with van der Waals surface area (Å²) in [6.07, 6.45) is 1.11. The molecule has 2 heterocycles. The Morgan fingerprint density at radius 3 is 3.00 bits per heavy atom. The van der Waals surface area contributed by atoms with Crippen LogP contribution in [0.25, 0.3) is 0 Å². The molecule has 13 heavy (non-hydrogen) atoms. The van der Waals surface area contributed by atoms with Crippen molar-refractivity contribution in [3.8, 4) is 0 Å². The summed E-state index contributed by atoms with van der Waals surface area (Å²) in [6, 6.07) is 0. The van der Waals surface area contributed by atoms with Crippen molar-refractivity contribution >= 4 is 11.7 Å². The third kappa shape index (κ3) is 0.988. The molecule has 1 amide bonds. The lowest BCUT2D eigenvalue weighted by molar-refractivity contribution is 0.0921. The van der Waals surface area contributed by atoms with Crippen LogP contribution < -0.4 is 16.0 Å². The molecule has 6 heteroatoms. The van der Waals surface area contributed by atoms with Gasteiger partial charge in [0, 0.05) is 14.1 Å². The van der Waals surface area contributed by atoms with E-state index in [1.165, 1.54) is 0 Å². The third-order valence-corrected chi connectivity index (χ3v) is 2.16. The van der Waals surface area contributed by atoms with Gasteiger partial charge in [0.1, 0.15) is 0 Å². The van der Waals surface area contributed by atoms with Crippen molar-refractivity contribution in [1.82, 2.24) is 14.9 Å². The Bertz CT molecular complexity index is 358. The number of hydrogen-bond donors (Lipinski definition) is 2. The number of nitrogens with one attached hydrogen (secondary N) is 1. The fourth-order valence-electron chi connectivity index (χ4n) is 1.37. The first kappa shape index (κ1) is 8.06. The lowest BCUT2D eigenvalue weighted by atomic mass is 10.3. The highest BCUT2D eigenvalue weighted by Gasteiger charge is 2.29. The van der Waals surface area contributed by atoms with Gasteiger partial charge in [-0.1, -0.05) is 0 Å². The normalized spacial score (nSPS) is 21.3. The largest absolute Gasteiger partial charge is 0.328 e. The molecule has 0 bridgehead atoms. The number of aromatic nitrogens is 2. The van der Waals surface area contributed by atoms with Crippen LogP contribution in [0.3, 0.4) is 0 Å². The summed E-state index contributed by atoms with van der Waals surface area (Å²) < 4.78 is 1.67. The summed E-state index contributed by atoms with van der Waals surface area (Å²) in [5.41, 5.74) is 6.18. The number of nitrogens with two attached hydrogens (primary N) is 1. The summed E-state index contributed by atoms with van der Waals surface area (Å²) in [5.74, 6) is 0.444. The van der Waals surface area contributed by atoms with E-state index in [9.17, 15) is 4.79 Å². The smallest absolute Gasteiger partial charge is 0.274 e. The average molecular weight is 181 g/mol. The highest BCUT2D eigenvalue weighted by atomic mass is 16.2. The predicted octanol–water partition coefficient (Wildman–Crippen LogP) is -1.16. The van der Waals surface area contributed by atoms with Crippen LogP contribution in [-0.2, 0) is 7.05 Å². The second kappa shape index (κ2) is 2.46. The van der Waals surface area contributed by atoms with E-state index in [1.807, 2.05) is 0 Å². The van der Waals surface area contributed by atoms with E-state index in [4.69, 9.17) is 5.73 Å². The number of carbonyl (C=O) groups is 1. The predicted molar refractivity (Wildman–Crippen MR) is 47.1 cm³/mol. The van der Waals surface area contributed by atoms with Crippen molar-refractivity contribution in [1.29, 1.82) is 0 Å². The van der Waals surface area contributed by atoms with Crippen LogP contribution in [0.2, 0.25) is 0 Å². The third-order valence-electron chi connectivity index (χ3n) is 2.16. The highest BCUT2D eigenvalue weighted by Crippen LogP contribution is 2.20. The minimum Gasteiger partial charge on any atom is -0.328 e. The first-order chi connectivity index (χ1) is 6.11. The molecule has 3 N–H and O–H groups in total. The molecule has 0 saturated carbocycles. The van der Waals surface area contributed by atoms with E-state index in [2.05, 4.69) is 10.3 Å². The maximum absolute atomic E-state index is 11.4. The van der Waals surface area contributed by atoms with Crippen molar-refractivity contribution in [2.45, 2.75) is 6.29 Å². The van der Waals surface area contributed by atoms with E-state index < -0.39 is 6.29 Å². The highest BCUT2D eigenvalue weighted by molar-refractivity contribution is 5.99. The zero-order valence-electron chi connectivity index (χ0n) is 7.48. The van der Waals surface area contributed by atoms with E-state index >= 15 is 0 Å². The molecule has 0 aliphatic carbocycles. The van der Waals surface area contributed by atoms with Crippen LogP contribution in [0.5, 0.6) is 0 Å². The van der Waals surface area contributed by atoms with Crippen molar-refractivity contribution in [2.75, 3.05) is 11.9 Å². The molecule has 2 rings (SSSR count). The molecule has 0 spiro atoms. The number of carbonyl (C=O) groups excluding carboxylic acids is 1. The molecule has 1 aliphatic rings. The Morgan fingerprint density at radius 2 is 2.31 bits per heavy atom. The fourth-order valence-corrected chi connectivity index (χ4v) is 1.37. The van der Waals surface area contributed by atoms with Gasteiger partial charge in [0.25, 0.3) is 5.91 Å². The number of fused-ring (bicyclic) bond motifs is 1. The quantitative estimate of drug-likeness (QED) is 0.529. The topological polar surface area (TPSA) is 76.2 Å². The standard InChI is InChI=1S/C7H11N5O/c1-11-3-9-5-4(11)6(13)10-7(8)12(5)2/h3,7H,8H2,1-2H3,(H,10,13). The Labute approximate surface area is 75.3 Å².